The molecule has 1 heterocycles. The van der Waals surface area contributed by atoms with Crippen molar-refractivity contribution in [2.24, 2.45) is 11.5 Å². The van der Waals surface area contributed by atoms with E-state index in [4.69, 9.17) is 0 Å². The zero-order valence-corrected chi connectivity index (χ0v) is 8.57. The highest BCUT2D eigenvalue weighted by Crippen LogP contribution is 2.18. The van der Waals surface area contributed by atoms with Crippen LogP contribution in [0.25, 0.3) is 10.1 Å². The van der Waals surface area contributed by atoms with Gasteiger partial charge in [-0.2, -0.15) is 0 Å². The van der Waals surface area contributed by atoms with Crippen LogP contribution in [0.15, 0.2) is 35.7 Å². The summed E-state index contributed by atoms with van der Waals surface area (Å²) in [5, 5.41) is 3.47. The number of hydrogen-bond donors (Lipinski definition) is 2. The molecule has 2 nitrogen and oxygen atoms in total. The third-order valence-electron chi connectivity index (χ3n) is 1.36. The first-order chi connectivity index (χ1) is 6.20. The summed E-state index contributed by atoms with van der Waals surface area (Å²) in [4.78, 5) is 0. The molecule has 0 spiro atoms. The van der Waals surface area contributed by atoms with Gasteiger partial charge in [-0.25, -0.2) is 0 Å². The highest BCUT2D eigenvalue weighted by Gasteiger charge is 1.87. The van der Waals surface area contributed by atoms with Gasteiger partial charge in [0.1, 0.15) is 0 Å². The minimum absolute atomic E-state index is 0.000000000000000222. The molecule has 0 aliphatic rings. The Kier molecular flexibility index (Phi) is 3.67. The van der Waals surface area contributed by atoms with Crippen LogP contribution in [0.5, 0.6) is 0 Å². The summed E-state index contributed by atoms with van der Waals surface area (Å²) < 4.78 is 1.37. The van der Waals surface area contributed by atoms with Crippen molar-refractivity contribution in [3.8, 4) is 0 Å². The van der Waals surface area contributed by atoms with Gasteiger partial charge in [0.15, 0.2) is 5.11 Å². The van der Waals surface area contributed by atoms with E-state index in [0.29, 0.717) is 0 Å². The molecule has 0 aliphatic carbocycles. The van der Waals surface area contributed by atoms with Gasteiger partial charge in [0.2, 0.25) is 0 Å². The lowest BCUT2D eigenvalue weighted by molar-refractivity contribution is 1.65. The van der Waals surface area contributed by atoms with Crippen LogP contribution < -0.4 is 11.5 Å². The van der Waals surface area contributed by atoms with Crippen LogP contribution in [0.2, 0.25) is 0 Å². The fourth-order valence-corrected chi connectivity index (χ4v) is 1.70. The summed E-state index contributed by atoms with van der Waals surface area (Å²) in [6.45, 7) is 0. The Morgan fingerprint density at radius 3 is 2.38 bits per heavy atom. The quantitative estimate of drug-likeness (QED) is 0.655. The molecular weight excluding hydrogens is 200 g/mol. The zero-order valence-electron chi connectivity index (χ0n) is 6.94. The van der Waals surface area contributed by atoms with E-state index in [1.807, 2.05) is 0 Å². The standard InChI is InChI=1S/C8H6S.CH4N2S/c1-2-4-8-7(3-1)5-6-9-8;2-1(3)4/h1-6H;(H4,2,3,4). The number of hydrogen-bond acceptors (Lipinski definition) is 2. The normalized spacial score (nSPS) is 8.92. The smallest absolute Gasteiger partial charge is 0.160 e. The molecule has 0 unspecified atom stereocenters. The number of benzene rings is 1. The maximum atomic E-state index is 4.62. The van der Waals surface area contributed by atoms with E-state index in [0.717, 1.165) is 0 Å². The van der Waals surface area contributed by atoms with Gasteiger partial charge in [-0.15, -0.1) is 11.3 Å². The molecule has 0 saturated heterocycles. The second-order valence-electron chi connectivity index (χ2n) is 2.36. The monoisotopic (exact) mass is 210 g/mol. The van der Waals surface area contributed by atoms with Crippen molar-refractivity contribution in [3.05, 3.63) is 35.7 Å². The number of rotatable bonds is 0. The SMILES string of the molecule is NC(N)=S.c1ccc2sccc2c1. The summed E-state index contributed by atoms with van der Waals surface area (Å²) in [5.74, 6) is 0. The maximum absolute atomic E-state index is 4.62. The van der Waals surface area contributed by atoms with Gasteiger partial charge in [0, 0.05) is 4.70 Å². The summed E-state index contributed by atoms with van der Waals surface area (Å²) in [5.41, 5.74) is 9.24. The highest BCUT2D eigenvalue weighted by atomic mass is 32.1. The van der Waals surface area contributed by atoms with Crippen molar-refractivity contribution in [2.75, 3.05) is 0 Å². The predicted octanol–water partition coefficient (Wildman–Crippen LogP) is 2.09. The van der Waals surface area contributed by atoms with E-state index >= 15 is 0 Å². The molecule has 2 rings (SSSR count). The summed E-state index contributed by atoms with van der Waals surface area (Å²) in [6.07, 6.45) is 0. The molecule has 68 valence electrons. The van der Waals surface area contributed by atoms with E-state index in [1.54, 1.807) is 11.3 Å². The van der Waals surface area contributed by atoms with Crippen molar-refractivity contribution in [2.45, 2.75) is 0 Å². The number of nitrogens with two attached hydrogens (primary N) is 2. The van der Waals surface area contributed by atoms with Crippen LogP contribution in [0.4, 0.5) is 0 Å². The molecule has 0 radical (unpaired) electrons. The van der Waals surface area contributed by atoms with Crippen molar-refractivity contribution >= 4 is 38.8 Å². The van der Waals surface area contributed by atoms with Crippen LogP contribution in [0.3, 0.4) is 0 Å². The lowest BCUT2D eigenvalue weighted by atomic mass is 10.3. The van der Waals surface area contributed by atoms with Crippen molar-refractivity contribution in [1.82, 2.24) is 0 Å². The van der Waals surface area contributed by atoms with E-state index in [2.05, 4.69) is 59.4 Å². The van der Waals surface area contributed by atoms with Gasteiger partial charge in [-0.05, 0) is 35.1 Å². The third-order valence-corrected chi connectivity index (χ3v) is 2.26. The van der Waals surface area contributed by atoms with E-state index in [9.17, 15) is 0 Å². The summed E-state index contributed by atoms with van der Waals surface area (Å²) in [7, 11) is 0. The molecule has 2 aromatic rings. The zero-order chi connectivity index (χ0) is 9.68. The van der Waals surface area contributed by atoms with E-state index in [1.165, 1.54) is 10.1 Å². The van der Waals surface area contributed by atoms with E-state index in [-0.39, 0.29) is 5.11 Å². The van der Waals surface area contributed by atoms with Crippen LogP contribution in [-0.2, 0) is 0 Å². The van der Waals surface area contributed by atoms with Crippen molar-refractivity contribution in [3.63, 3.8) is 0 Å². The summed E-state index contributed by atoms with van der Waals surface area (Å²) in [6, 6.07) is 10.5. The maximum Gasteiger partial charge on any atom is 0.160 e. The van der Waals surface area contributed by atoms with Crippen LogP contribution >= 0.6 is 23.6 Å². The first kappa shape index (κ1) is 9.95. The Morgan fingerprint density at radius 1 is 1.15 bits per heavy atom. The molecule has 4 N–H and O–H groups in total. The number of thiocarbonyl (C=S) groups is 1. The topological polar surface area (TPSA) is 52.0 Å². The molecule has 0 amide bonds. The molecule has 1 aromatic heterocycles. The third kappa shape index (κ3) is 3.40. The first-order valence-corrected chi connectivity index (χ1v) is 4.96. The number of thiophene rings is 1. The molecular formula is C9H10N2S2. The second-order valence-corrected chi connectivity index (χ2v) is 3.78. The van der Waals surface area contributed by atoms with Gasteiger partial charge in [0.25, 0.3) is 0 Å². The van der Waals surface area contributed by atoms with Gasteiger partial charge >= 0.3 is 0 Å². The lowest BCUT2D eigenvalue weighted by Crippen LogP contribution is -2.18. The van der Waals surface area contributed by atoms with Gasteiger partial charge in [0.05, 0.1) is 0 Å². The van der Waals surface area contributed by atoms with Gasteiger partial charge in [-0.3, -0.25) is 0 Å². The van der Waals surface area contributed by atoms with Gasteiger partial charge in [-0.1, -0.05) is 18.2 Å². The Bertz CT molecular complexity index is 361. The Hall–Kier alpha value is -1.13. The van der Waals surface area contributed by atoms with Crippen LogP contribution in [-0.4, -0.2) is 5.11 Å². The minimum Gasteiger partial charge on any atom is -0.377 e. The second kappa shape index (κ2) is 4.79. The Morgan fingerprint density at radius 2 is 1.77 bits per heavy atom. The molecule has 13 heavy (non-hydrogen) atoms. The lowest BCUT2D eigenvalue weighted by Gasteiger charge is -1.82. The fraction of sp³-hybridized carbons (Fsp3) is 0. The van der Waals surface area contributed by atoms with Crippen LogP contribution in [0.1, 0.15) is 0 Å². The largest absolute Gasteiger partial charge is 0.377 e. The Balaban J connectivity index is 0.000000184. The first-order valence-electron chi connectivity index (χ1n) is 3.67. The average molecular weight is 210 g/mol. The molecule has 1 aromatic carbocycles. The highest BCUT2D eigenvalue weighted by molar-refractivity contribution is 7.80. The number of fused-ring (bicyclic) bond motifs is 1. The molecule has 0 saturated carbocycles. The molecule has 0 atom stereocenters. The predicted molar refractivity (Wildman–Crippen MR) is 62.8 cm³/mol. The van der Waals surface area contributed by atoms with E-state index < -0.39 is 0 Å². The Labute approximate surface area is 86.2 Å². The fourth-order valence-electron chi connectivity index (χ4n) is 0.906. The van der Waals surface area contributed by atoms with Gasteiger partial charge < -0.3 is 11.5 Å². The van der Waals surface area contributed by atoms with Crippen molar-refractivity contribution < 1.29 is 0 Å². The van der Waals surface area contributed by atoms with Crippen molar-refractivity contribution in [1.29, 1.82) is 0 Å². The molecule has 0 aliphatic heterocycles. The average Bonchev–Trinajstić information content (AvgIpc) is 2.49. The summed E-state index contributed by atoms with van der Waals surface area (Å²) >= 11 is 5.88. The van der Waals surface area contributed by atoms with Crippen LogP contribution in [0, 0.1) is 0 Å². The molecule has 0 fully saturated rings. The molecule has 4 heteroatoms. The minimum atomic E-state index is 0.000000000000000222. The molecule has 0 bridgehead atoms.